The average Bonchev–Trinajstić information content (AvgIpc) is 2.18. The highest BCUT2D eigenvalue weighted by atomic mass is 32.2. The molecule has 1 aromatic carbocycles. The lowest BCUT2D eigenvalue weighted by atomic mass is 10.0. The van der Waals surface area contributed by atoms with E-state index in [4.69, 9.17) is 0 Å². The molecule has 2 heteroatoms. The molecule has 0 radical (unpaired) electrons. The molecule has 0 amide bonds. The van der Waals surface area contributed by atoms with Gasteiger partial charge in [-0.2, -0.15) is 0 Å². The van der Waals surface area contributed by atoms with Crippen LogP contribution in [-0.4, -0.2) is 11.9 Å². The van der Waals surface area contributed by atoms with Crippen LogP contribution in [0.3, 0.4) is 0 Å². The van der Waals surface area contributed by atoms with Gasteiger partial charge in [0.05, 0.1) is 4.87 Å². The quantitative estimate of drug-likeness (QED) is 0.614. The van der Waals surface area contributed by atoms with Crippen molar-refractivity contribution in [1.29, 1.82) is 0 Å². The van der Waals surface area contributed by atoms with Crippen LogP contribution in [0.2, 0.25) is 0 Å². The van der Waals surface area contributed by atoms with E-state index in [2.05, 4.69) is 57.3 Å². The molecule has 0 aliphatic rings. The van der Waals surface area contributed by atoms with Crippen LogP contribution in [-0.2, 0) is 0 Å². The third-order valence-corrected chi connectivity index (χ3v) is 3.74. The number of nitrogens with one attached hydrogen (secondary N) is 1. The molecule has 0 aliphatic carbocycles. The van der Waals surface area contributed by atoms with Crippen LogP contribution < -0.4 is 5.32 Å². The van der Waals surface area contributed by atoms with Gasteiger partial charge < -0.3 is 5.32 Å². The fourth-order valence-corrected chi connectivity index (χ4v) is 2.23. The van der Waals surface area contributed by atoms with E-state index in [0.29, 0.717) is 5.92 Å². The smallest absolute Gasteiger partial charge is 0.0632 e. The van der Waals surface area contributed by atoms with E-state index in [1.165, 1.54) is 10.5 Å². The number of rotatable bonds is 4. The molecule has 1 rings (SSSR count). The molecule has 0 aliphatic heterocycles. The van der Waals surface area contributed by atoms with E-state index in [1.54, 1.807) is 0 Å². The van der Waals surface area contributed by atoms with Gasteiger partial charge in [-0.1, -0.05) is 26.0 Å². The minimum Gasteiger partial charge on any atom is -0.306 e. The maximum Gasteiger partial charge on any atom is 0.0632 e. The fraction of sp³-hybridized carbons (Fsp3) is 0.538. The zero-order valence-electron chi connectivity index (χ0n) is 10.3. The van der Waals surface area contributed by atoms with Crippen molar-refractivity contribution in [3.63, 3.8) is 0 Å². The SMILES string of the molecule is CNC(C)(C)Sc1ccc(C(C)C)cc1. The summed E-state index contributed by atoms with van der Waals surface area (Å²) in [5, 5.41) is 3.29. The molecule has 0 spiro atoms. The van der Waals surface area contributed by atoms with Gasteiger partial charge in [0.1, 0.15) is 0 Å². The summed E-state index contributed by atoms with van der Waals surface area (Å²) in [6, 6.07) is 8.86. The van der Waals surface area contributed by atoms with Gasteiger partial charge in [-0.15, -0.1) is 11.8 Å². The summed E-state index contributed by atoms with van der Waals surface area (Å²) in [5.74, 6) is 0.612. The van der Waals surface area contributed by atoms with Crippen molar-refractivity contribution in [2.45, 2.75) is 43.4 Å². The summed E-state index contributed by atoms with van der Waals surface area (Å²) in [6.45, 7) is 8.82. The molecule has 84 valence electrons. The molecule has 0 unspecified atom stereocenters. The van der Waals surface area contributed by atoms with E-state index < -0.39 is 0 Å². The number of benzene rings is 1. The van der Waals surface area contributed by atoms with Crippen LogP contribution in [0.25, 0.3) is 0 Å². The van der Waals surface area contributed by atoms with E-state index in [1.807, 2.05) is 18.8 Å². The highest BCUT2D eigenvalue weighted by Gasteiger charge is 2.15. The first kappa shape index (κ1) is 12.6. The van der Waals surface area contributed by atoms with E-state index in [-0.39, 0.29) is 4.87 Å². The van der Waals surface area contributed by atoms with Gasteiger partial charge in [-0.3, -0.25) is 0 Å². The molecule has 0 heterocycles. The van der Waals surface area contributed by atoms with E-state index in [9.17, 15) is 0 Å². The second-order valence-electron chi connectivity index (χ2n) is 4.59. The van der Waals surface area contributed by atoms with Crippen LogP contribution in [0.15, 0.2) is 29.2 Å². The summed E-state index contributed by atoms with van der Waals surface area (Å²) < 4.78 is 0. The van der Waals surface area contributed by atoms with Crippen molar-refractivity contribution in [3.05, 3.63) is 29.8 Å². The number of thioether (sulfide) groups is 1. The van der Waals surface area contributed by atoms with Gasteiger partial charge in [0, 0.05) is 4.90 Å². The molecule has 1 aromatic rings. The Bertz CT molecular complexity index is 301. The Morgan fingerprint density at radius 2 is 1.67 bits per heavy atom. The fourth-order valence-electron chi connectivity index (χ4n) is 1.27. The zero-order chi connectivity index (χ0) is 11.5. The van der Waals surface area contributed by atoms with Crippen molar-refractivity contribution in [1.82, 2.24) is 5.32 Å². The van der Waals surface area contributed by atoms with Crippen LogP contribution in [0.4, 0.5) is 0 Å². The van der Waals surface area contributed by atoms with E-state index in [0.717, 1.165) is 0 Å². The molecule has 0 fully saturated rings. The lowest BCUT2D eigenvalue weighted by Crippen LogP contribution is -2.31. The largest absolute Gasteiger partial charge is 0.306 e. The van der Waals surface area contributed by atoms with Crippen molar-refractivity contribution >= 4 is 11.8 Å². The molecular formula is C13H21NS. The normalized spacial score (nSPS) is 12.1. The minimum atomic E-state index is 0.0966. The molecule has 1 nitrogen and oxygen atoms in total. The van der Waals surface area contributed by atoms with Crippen LogP contribution in [0, 0.1) is 0 Å². The average molecular weight is 223 g/mol. The van der Waals surface area contributed by atoms with Gasteiger partial charge in [-0.25, -0.2) is 0 Å². The Morgan fingerprint density at radius 1 is 1.13 bits per heavy atom. The number of hydrogen-bond acceptors (Lipinski definition) is 2. The van der Waals surface area contributed by atoms with Gasteiger partial charge in [-0.05, 0) is 44.5 Å². The Balaban J connectivity index is 2.73. The van der Waals surface area contributed by atoms with E-state index >= 15 is 0 Å². The maximum absolute atomic E-state index is 3.29. The first-order valence-corrected chi connectivity index (χ1v) is 6.24. The first-order valence-electron chi connectivity index (χ1n) is 5.42. The first-order chi connectivity index (χ1) is 6.94. The summed E-state index contributed by atoms with van der Waals surface area (Å²) in [6.07, 6.45) is 0. The molecule has 0 atom stereocenters. The van der Waals surface area contributed by atoms with Crippen LogP contribution in [0.5, 0.6) is 0 Å². The Hall–Kier alpha value is -0.470. The second kappa shape index (κ2) is 5.04. The molecule has 15 heavy (non-hydrogen) atoms. The van der Waals surface area contributed by atoms with Crippen molar-refractivity contribution in [2.75, 3.05) is 7.05 Å². The van der Waals surface area contributed by atoms with Gasteiger partial charge in [0.25, 0.3) is 0 Å². The van der Waals surface area contributed by atoms with Crippen LogP contribution in [0.1, 0.15) is 39.2 Å². The Kier molecular flexibility index (Phi) is 4.23. The predicted octanol–water partition coefficient (Wildman–Crippen LogP) is 3.86. The Labute approximate surface area is 97.7 Å². The topological polar surface area (TPSA) is 12.0 Å². The lowest BCUT2D eigenvalue weighted by Gasteiger charge is -2.23. The maximum atomic E-state index is 3.29. The second-order valence-corrected chi connectivity index (χ2v) is 6.28. The third kappa shape index (κ3) is 3.88. The summed E-state index contributed by atoms with van der Waals surface area (Å²) in [7, 11) is 2.00. The molecule has 0 aromatic heterocycles. The zero-order valence-corrected chi connectivity index (χ0v) is 11.1. The van der Waals surface area contributed by atoms with Crippen molar-refractivity contribution in [2.24, 2.45) is 0 Å². The van der Waals surface area contributed by atoms with Crippen molar-refractivity contribution in [3.8, 4) is 0 Å². The number of hydrogen-bond donors (Lipinski definition) is 1. The van der Waals surface area contributed by atoms with Gasteiger partial charge >= 0.3 is 0 Å². The summed E-state index contributed by atoms with van der Waals surface area (Å²) in [4.78, 5) is 1.41. The molecular weight excluding hydrogens is 202 g/mol. The van der Waals surface area contributed by atoms with Gasteiger partial charge in [0.15, 0.2) is 0 Å². The van der Waals surface area contributed by atoms with Crippen molar-refractivity contribution < 1.29 is 0 Å². The summed E-state index contributed by atoms with van der Waals surface area (Å²) in [5.41, 5.74) is 1.40. The molecule has 0 bridgehead atoms. The third-order valence-electron chi connectivity index (χ3n) is 2.52. The highest BCUT2D eigenvalue weighted by molar-refractivity contribution is 8.00. The monoisotopic (exact) mass is 223 g/mol. The van der Waals surface area contributed by atoms with Gasteiger partial charge in [0.2, 0.25) is 0 Å². The van der Waals surface area contributed by atoms with Crippen LogP contribution >= 0.6 is 11.8 Å². The lowest BCUT2D eigenvalue weighted by molar-refractivity contribution is 0.609. The summed E-state index contributed by atoms with van der Waals surface area (Å²) >= 11 is 1.86. The standard InChI is InChI=1S/C13H21NS/c1-10(2)11-6-8-12(9-7-11)15-13(3,4)14-5/h6-10,14H,1-5H3. The molecule has 0 saturated carbocycles. The molecule has 0 saturated heterocycles. The molecule has 1 N–H and O–H groups in total. The Morgan fingerprint density at radius 3 is 2.07 bits per heavy atom. The highest BCUT2D eigenvalue weighted by Crippen LogP contribution is 2.30. The minimum absolute atomic E-state index is 0.0966. The predicted molar refractivity (Wildman–Crippen MR) is 69.5 cm³/mol.